The summed E-state index contributed by atoms with van der Waals surface area (Å²) in [5, 5.41) is 10.6. The van der Waals surface area contributed by atoms with Gasteiger partial charge in [-0.05, 0) is 38.0 Å². The summed E-state index contributed by atoms with van der Waals surface area (Å²) in [6.45, 7) is 5.89. The van der Waals surface area contributed by atoms with Gasteiger partial charge < -0.3 is 5.11 Å². The Morgan fingerprint density at radius 3 is 2.60 bits per heavy atom. The molecule has 0 atom stereocenters. The lowest BCUT2D eigenvalue weighted by Crippen LogP contribution is -2.33. The van der Waals surface area contributed by atoms with Crippen LogP contribution in [-0.2, 0) is 4.79 Å². The van der Waals surface area contributed by atoms with E-state index in [2.05, 4.69) is 11.1 Å². The zero-order valence-corrected chi connectivity index (χ0v) is 12.8. The van der Waals surface area contributed by atoms with Crippen molar-refractivity contribution < 1.29 is 9.90 Å². The Morgan fingerprint density at radius 1 is 1.30 bits per heavy atom. The lowest BCUT2D eigenvalue weighted by molar-refractivity contribution is -0.140. The molecule has 0 aliphatic rings. The van der Waals surface area contributed by atoms with Crippen molar-refractivity contribution in [2.45, 2.75) is 43.3 Å². The molecule has 20 heavy (non-hydrogen) atoms. The number of fused-ring (bicyclic) bond motifs is 1. The number of hydrogen-bond acceptors (Lipinski definition) is 3. The van der Waals surface area contributed by atoms with Crippen molar-refractivity contribution in [3.63, 3.8) is 0 Å². The number of thioether (sulfide) groups is 1. The van der Waals surface area contributed by atoms with Crippen molar-refractivity contribution in [3.8, 4) is 0 Å². The van der Waals surface area contributed by atoms with E-state index in [-0.39, 0.29) is 0 Å². The summed E-state index contributed by atoms with van der Waals surface area (Å²) in [4.78, 5) is 17.0. The number of benzene rings is 1. The van der Waals surface area contributed by atoms with E-state index in [1.807, 2.05) is 39.0 Å². The Bertz CT molecular complexity index is 635. The summed E-state index contributed by atoms with van der Waals surface area (Å²) in [6, 6.07) is 7.99. The molecule has 0 unspecified atom stereocenters. The standard InChI is InChI=1S/C16H19NO2S/c1-4-16(5-2,15(18)19)20-14-8-9-17-13-7-6-11(3)10-12(13)14/h6-10H,4-5H2,1-3H3,(H,18,19). The van der Waals surface area contributed by atoms with Crippen LogP contribution in [0.4, 0.5) is 0 Å². The van der Waals surface area contributed by atoms with Gasteiger partial charge in [0.05, 0.1) is 5.52 Å². The minimum Gasteiger partial charge on any atom is -0.480 e. The van der Waals surface area contributed by atoms with E-state index in [4.69, 9.17) is 0 Å². The highest BCUT2D eigenvalue weighted by atomic mass is 32.2. The maximum Gasteiger partial charge on any atom is 0.320 e. The van der Waals surface area contributed by atoms with Crippen LogP contribution in [0.3, 0.4) is 0 Å². The first-order valence-electron chi connectivity index (χ1n) is 6.80. The van der Waals surface area contributed by atoms with Gasteiger partial charge in [0.15, 0.2) is 0 Å². The van der Waals surface area contributed by atoms with Crippen molar-refractivity contribution in [2.24, 2.45) is 0 Å². The van der Waals surface area contributed by atoms with Gasteiger partial charge >= 0.3 is 5.97 Å². The van der Waals surface area contributed by atoms with Crippen LogP contribution >= 0.6 is 11.8 Å². The van der Waals surface area contributed by atoms with Crippen LogP contribution in [0.1, 0.15) is 32.3 Å². The van der Waals surface area contributed by atoms with Crippen molar-refractivity contribution in [1.82, 2.24) is 4.98 Å². The molecule has 0 radical (unpaired) electrons. The number of nitrogens with zero attached hydrogens (tertiary/aromatic N) is 1. The van der Waals surface area contributed by atoms with Crippen LogP contribution < -0.4 is 0 Å². The van der Waals surface area contributed by atoms with Gasteiger partial charge in [-0.25, -0.2) is 0 Å². The fraction of sp³-hybridized carbons (Fsp3) is 0.375. The molecule has 106 valence electrons. The van der Waals surface area contributed by atoms with Crippen molar-refractivity contribution >= 4 is 28.6 Å². The lowest BCUT2D eigenvalue weighted by Gasteiger charge is -2.26. The highest BCUT2D eigenvalue weighted by molar-refractivity contribution is 8.01. The summed E-state index contributed by atoms with van der Waals surface area (Å²) < 4.78 is -0.766. The third-order valence-corrected chi connectivity index (χ3v) is 5.41. The SMILES string of the molecule is CCC(CC)(Sc1ccnc2ccc(C)cc12)C(=O)O. The molecule has 0 aliphatic heterocycles. The molecule has 0 bridgehead atoms. The van der Waals surface area contributed by atoms with Crippen LogP contribution in [0.2, 0.25) is 0 Å². The summed E-state index contributed by atoms with van der Waals surface area (Å²) in [7, 11) is 0. The van der Waals surface area contributed by atoms with Gasteiger partial charge in [0.1, 0.15) is 4.75 Å². The average Bonchev–Trinajstić information content (AvgIpc) is 2.45. The zero-order chi connectivity index (χ0) is 14.8. The predicted molar refractivity (Wildman–Crippen MR) is 83.3 cm³/mol. The first-order valence-corrected chi connectivity index (χ1v) is 7.62. The maximum atomic E-state index is 11.7. The highest BCUT2D eigenvalue weighted by Gasteiger charge is 2.36. The normalized spacial score (nSPS) is 11.8. The molecular formula is C16H19NO2S. The fourth-order valence-corrected chi connectivity index (χ4v) is 3.47. The summed E-state index contributed by atoms with van der Waals surface area (Å²) in [5.41, 5.74) is 2.06. The van der Waals surface area contributed by atoms with E-state index in [1.54, 1.807) is 6.20 Å². The van der Waals surface area contributed by atoms with Crippen molar-refractivity contribution in [3.05, 3.63) is 36.0 Å². The van der Waals surface area contributed by atoms with Gasteiger partial charge in [-0.15, -0.1) is 11.8 Å². The van der Waals surface area contributed by atoms with Crippen LogP contribution in [0.5, 0.6) is 0 Å². The number of carbonyl (C=O) groups is 1. The molecule has 0 saturated heterocycles. The van der Waals surface area contributed by atoms with Gasteiger partial charge in [0.25, 0.3) is 0 Å². The van der Waals surface area contributed by atoms with E-state index in [0.29, 0.717) is 12.8 Å². The first kappa shape index (κ1) is 14.9. The number of aromatic nitrogens is 1. The zero-order valence-electron chi connectivity index (χ0n) is 12.0. The molecule has 0 fully saturated rings. The molecule has 1 aromatic heterocycles. The number of aliphatic carboxylic acids is 1. The molecule has 4 heteroatoms. The molecule has 3 nitrogen and oxygen atoms in total. The van der Waals surface area contributed by atoms with Crippen LogP contribution in [0.25, 0.3) is 10.9 Å². The highest BCUT2D eigenvalue weighted by Crippen LogP contribution is 2.41. The van der Waals surface area contributed by atoms with Crippen molar-refractivity contribution in [2.75, 3.05) is 0 Å². The number of aryl methyl sites for hydroxylation is 1. The Kier molecular flexibility index (Phi) is 4.33. The van der Waals surface area contributed by atoms with E-state index in [9.17, 15) is 9.90 Å². The molecule has 1 N–H and O–H groups in total. The Morgan fingerprint density at radius 2 is 2.00 bits per heavy atom. The summed E-state index contributed by atoms with van der Waals surface area (Å²) >= 11 is 1.44. The number of rotatable bonds is 5. The largest absolute Gasteiger partial charge is 0.480 e. The fourth-order valence-electron chi connectivity index (χ4n) is 2.27. The van der Waals surface area contributed by atoms with Crippen molar-refractivity contribution in [1.29, 1.82) is 0 Å². The summed E-state index contributed by atoms with van der Waals surface area (Å²) in [5.74, 6) is -0.745. The number of carboxylic acids is 1. The monoisotopic (exact) mass is 289 g/mol. The number of carboxylic acid groups (broad SMARTS) is 1. The smallest absolute Gasteiger partial charge is 0.320 e. The van der Waals surface area contributed by atoms with E-state index in [1.165, 1.54) is 11.8 Å². The molecule has 1 heterocycles. The third kappa shape index (κ3) is 2.66. The Labute approximate surface area is 123 Å². The Hall–Kier alpha value is -1.55. The molecule has 2 aromatic rings. The minimum atomic E-state index is -0.766. The predicted octanol–water partition coefficient (Wildman–Crippen LogP) is 4.28. The van der Waals surface area contributed by atoms with Crippen LogP contribution in [0, 0.1) is 6.92 Å². The molecule has 2 rings (SSSR count). The summed E-state index contributed by atoms with van der Waals surface area (Å²) in [6.07, 6.45) is 2.94. The molecule has 0 amide bonds. The van der Waals surface area contributed by atoms with E-state index >= 15 is 0 Å². The molecule has 0 aliphatic carbocycles. The van der Waals surface area contributed by atoms with E-state index < -0.39 is 10.7 Å². The van der Waals surface area contributed by atoms with Gasteiger partial charge in [-0.1, -0.05) is 25.5 Å². The topological polar surface area (TPSA) is 50.2 Å². The minimum absolute atomic E-state index is 0.596. The van der Waals surface area contributed by atoms with Crippen LogP contribution in [0.15, 0.2) is 35.4 Å². The quantitative estimate of drug-likeness (QED) is 0.835. The van der Waals surface area contributed by atoms with E-state index in [0.717, 1.165) is 21.4 Å². The molecule has 1 aromatic carbocycles. The van der Waals surface area contributed by atoms with Crippen LogP contribution in [-0.4, -0.2) is 20.8 Å². The second-order valence-corrected chi connectivity index (χ2v) is 6.36. The average molecular weight is 289 g/mol. The van der Waals surface area contributed by atoms with Gasteiger partial charge in [0.2, 0.25) is 0 Å². The lowest BCUT2D eigenvalue weighted by atomic mass is 10.0. The van der Waals surface area contributed by atoms with Gasteiger partial charge in [0, 0.05) is 16.5 Å². The third-order valence-electron chi connectivity index (χ3n) is 3.69. The molecular weight excluding hydrogens is 270 g/mol. The Balaban J connectivity index is 2.52. The molecule has 0 saturated carbocycles. The number of hydrogen-bond donors (Lipinski definition) is 1. The first-order chi connectivity index (χ1) is 9.52. The van der Waals surface area contributed by atoms with Gasteiger partial charge in [-0.2, -0.15) is 0 Å². The number of pyridine rings is 1. The van der Waals surface area contributed by atoms with Gasteiger partial charge in [-0.3, -0.25) is 9.78 Å². The maximum absolute atomic E-state index is 11.7. The second kappa shape index (κ2) is 5.83. The molecule has 0 spiro atoms. The second-order valence-electron chi connectivity index (χ2n) is 4.94.